The third-order valence-corrected chi connectivity index (χ3v) is 2.10. The Morgan fingerprint density at radius 1 is 1.62 bits per heavy atom. The maximum atomic E-state index is 5.40. The SMILES string of the molecule is CC(C)N=C(NN)N(C)CC1CC1. The summed E-state index contributed by atoms with van der Waals surface area (Å²) in [5, 5.41) is 0. The predicted molar refractivity (Wildman–Crippen MR) is 55.2 cm³/mol. The lowest BCUT2D eigenvalue weighted by Gasteiger charge is -2.20. The zero-order valence-corrected chi connectivity index (χ0v) is 8.75. The molecule has 0 unspecified atom stereocenters. The number of nitrogens with one attached hydrogen (secondary N) is 1. The lowest BCUT2D eigenvalue weighted by molar-refractivity contribution is 0.454. The Hall–Kier alpha value is -0.770. The Balaban J connectivity index is 2.42. The molecule has 0 aromatic rings. The molecule has 4 heteroatoms. The molecule has 0 spiro atoms. The van der Waals surface area contributed by atoms with Crippen molar-refractivity contribution in [3.63, 3.8) is 0 Å². The van der Waals surface area contributed by atoms with Crippen LogP contribution in [0.15, 0.2) is 4.99 Å². The second-order valence-electron chi connectivity index (χ2n) is 4.01. The predicted octanol–water partition coefficient (Wildman–Crippen LogP) is 0.556. The molecule has 1 aliphatic carbocycles. The first-order chi connectivity index (χ1) is 6.13. The Morgan fingerprint density at radius 3 is 2.62 bits per heavy atom. The van der Waals surface area contributed by atoms with Crippen molar-refractivity contribution < 1.29 is 0 Å². The fraction of sp³-hybridized carbons (Fsp3) is 0.889. The number of hydrazine groups is 1. The van der Waals surface area contributed by atoms with E-state index in [1.165, 1.54) is 12.8 Å². The van der Waals surface area contributed by atoms with Crippen LogP contribution in [0.25, 0.3) is 0 Å². The molecule has 0 aromatic heterocycles. The Kier molecular flexibility index (Phi) is 3.54. The lowest BCUT2D eigenvalue weighted by atomic mass is 10.4. The van der Waals surface area contributed by atoms with Gasteiger partial charge >= 0.3 is 0 Å². The Bertz CT molecular complexity index is 184. The van der Waals surface area contributed by atoms with Crippen LogP contribution in [0.5, 0.6) is 0 Å². The smallest absolute Gasteiger partial charge is 0.208 e. The van der Waals surface area contributed by atoms with E-state index in [1.807, 2.05) is 20.9 Å². The van der Waals surface area contributed by atoms with E-state index in [0.29, 0.717) is 0 Å². The summed E-state index contributed by atoms with van der Waals surface area (Å²) in [6.07, 6.45) is 2.70. The highest BCUT2D eigenvalue weighted by Crippen LogP contribution is 2.29. The molecule has 1 rings (SSSR count). The molecule has 0 atom stereocenters. The van der Waals surface area contributed by atoms with E-state index >= 15 is 0 Å². The summed E-state index contributed by atoms with van der Waals surface area (Å²) in [5.41, 5.74) is 2.64. The van der Waals surface area contributed by atoms with Crippen LogP contribution in [0.4, 0.5) is 0 Å². The van der Waals surface area contributed by atoms with Crippen LogP contribution in [0, 0.1) is 5.92 Å². The summed E-state index contributed by atoms with van der Waals surface area (Å²) in [4.78, 5) is 6.48. The highest BCUT2D eigenvalue weighted by molar-refractivity contribution is 5.79. The minimum atomic E-state index is 0.285. The van der Waals surface area contributed by atoms with Crippen LogP contribution in [-0.2, 0) is 0 Å². The molecule has 3 N–H and O–H groups in total. The third kappa shape index (κ3) is 3.63. The van der Waals surface area contributed by atoms with Crippen molar-refractivity contribution >= 4 is 5.96 Å². The number of guanidine groups is 1. The van der Waals surface area contributed by atoms with Gasteiger partial charge in [-0.3, -0.25) is 5.43 Å². The highest BCUT2D eigenvalue weighted by atomic mass is 15.4. The van der Waals surface area contributed by atoms with Crippen molar-refractivity contribution in [3.8, 4) is 0 Å². The van der Waals surface area contributed by atoms with Gasteiger partial charge in [0.25, 0.3) is 0 Å². The van der Waals surface area contributed by atoms with E-state index < -0.39 is 0 Å². The Morgan fingerprint density at radius 2 is 2.23 bits per heavy atom. The van der Waals surface area contributed by atoms with E-state index in [4.69, 9.17) is 5.84 Å². The van der Waals surface area contributed by atoms with Crippen LogP contribution in [0.1, 0.15) is 26.7 Å². The molecule has 13 heavy (non-hydrogen) atoms. The van der Waals surface area contributed by atoms with E-state index in [1.54, 1.807) is 0 Å². The zero-order chi connectivity index (χ0) is 9.84. The van der Waals surface area contributed by atoms with Gasteiger partial charge in [-0.05, 0) is 32.6 Å². The molecule has 0 aromatic carbocycles. The van der Waals surface area contributed by atoms with Crippen LogP contribution in [-0.4, -0.2) is 30.5 Å². The first-order valence-electron chi connectivity index (χ1n) is 4.89. The molecule has 4 nitrogen and oxygen atoms in total. The maximum Gasteiger partial charge on any atom is 0.208 e. The number of aliphatic imine (C=N–C) groups is 1. The minimum absolute atomic E-state index is 0.285. The highest BCUT2D eigenvalue weighted by Gasteiger charge is 2.23. The van der Waals surface area contributed by atoms with Crippen molar-refractivity contribution in [1.29, 1.82) is 0 Å². The van der Waals surface area contributed by atoms with E-state index in [9.17, 15) is 0 Å². The molecular formula is C9H20N4. The van der Waals surface area contributed by atoms with Gasteiger partial charge in [-0.15, -0.1) is 0 Å². The number of nitrogens with two attached hydrogens (primary N) is 1. The maximum absolute atomic E-state index is 5.40. The molecule has 1 aliphatic rings. The molecule has 0 heterocycles. The van der Waals surface area contributed by atoms with Gasteiger partial charge in [-0.2, -0.15) is 0 Å². The molecule has 0 saturated heterocycles. The first kappa shape index (κ1) is 10.3. The van der Waals surface area contributed by atoms with Gasteiger partial charge in [-0.1, -0.05) is 0 Å². The fourth-order valence-electron chi connectivity index (χ4n) is 1.26. The average molecular weight is 184 g/mol. The van der Waals surface area contributed by atoms with Gasteiger partial charge in [0, 0.05) is 19.6 Å². The molecule has 1 fully saturated rings. The molecular weight excluding hydrogens is 164 g/mol. The van der Waals surface area contributed by atoms with Crippen LogP contribution in [0.2, 0.25) is 0 Å². The number of hydrogen-bond acceptors (Lipinski definition) is 2. The van der Waals surface area contributed by atoms with Crippen LogP contribution >= 0.6 is 0 Å². The summed E-state index contributed by atoms with van der Waals surface area (Å²) in [7, 11) is 2.03. The van der Waals surface area contributed by atoms with Crippen LogP contribution < -0.4 is 11.3 Å². The van der Waals surface area contributed by atoms with E-state index in [0.717, 1.165) is 18.4 Å². The van der Waals surface area contributed by atoms with Gasteiger partial charge in [0.05, 0.1) is 0 Å². The van der Waals surface area contributed by atoms with Gasteiger partial charge in [-0.25, -0.2) is 10.8 Å². The second kappa shape index (κ2) is 4.46. The van der Waals surface area contributed by atoms with E-state index in [-0.39, 0.29) is 6.04 Å². The van der Waals surface area contributed by atoms with E-state index in [2.05, 4.69) is 15.3 Å². The van der Waals surface area contributed by atoms with Gasteiger partial charge in [0.2, 0.25) is 5.96 Å². The van der Waals surface area contributed by atoms with Crippen molar-refractivity contribution in [1.82, 2.24) is 10.3 Å². The lowest BCUT2D eigenvalue weighted by Crippen LogP contribution is -2.44. The summed E-state index contributed by atoms with van der Waals surface area (Å²) in [6, 6.07) is 0.285. The second-order valence-corrected chi connectivity index (χ2v) is 4.01. The summed E-state index contributed by atoms with van der Waals surface area (Å²) >= 11 is 0. The summed E-state index contributed by atoms with van der Waals surface area (Å²) < 4.78 is 0. The quantitative estimate of drug-likeness (QED) is 0.291. The third-order valence-electron chi connectivity index (χ3n) is 2.10. The fourth-order valence-corrected chi connectivity index (χ4v) is 1.26. The summed E-state index contributed by atoms with van der Waals surface area (Å²) in [6.45, 7) is 5.15. The zero-order valence-electron chi connectivity index (χ0n) is 8.75. The number of rotatable bonds is 3. The standard InChI is InChI=1S/C9H20N4/c1-7(2)11-9(12-10)13(3)6-8-4-5-8/h7-8H,4-6,10H2,1-3H3,(H,11,12). The van der Waals surface area contributed by atoms with Gasteiger partial charge in [0.1, 0.15) is 0 Å². The largest absolute Gasteiger partial charge is 0.345 e. The number of hydrogen-bond donors (Lipinski definition) is 2. The Labute approximate surface area is 80.2 Å². The average Bonchev–Trinajstić information content (AvgIpc) is 2.83. The molecule has 1 saturated carbocycles. The molecule has 76 valence electrons. The topological polar surface area (TPSA) is 53.6 Å². The molecule has 0 bridgehead atoms. The molecule has 0 aliphatic heterocycles. The van der Waals surface area contributed by atoms with Crippen molar-refractivity contribution in [3.05, 3.63) is 0 Å². The van der Waals surface area contributed by atoms with Crippen molar-refractivity contribution in [2.45, 2.75) is 32.7 Å². The van der Waals surface area contributed by atoms with Crippen LogP contribution in [0.3, 0.4) is 0 Å². The summed E-state index contributed by atoms with van der Waals surface area (Å²) in [5.74, 6) is 7.05. The normalized spacial score (nSPS) is 17.8. The van der Waals surface area contributed by atoms with Crippen molar-refractivity contribution in [2.24, 2.45) is 16.8 Å². The van der Waals surface area contributed by atoms with Gasteiger partial charge < -0.3 is 4.90 Å². The molecule has 0 amide bonds. The number of nitrogens with zero attached hydrogens (tertiary/aromatic N) is 2. The first-order valence-corrected chi connectivity index (χ1v) is 4.89. The van der Waals surface area contributed by atoms with Gasteiger partial charge in [0.15, 0.2) is 0 Å². The monoisotopic (exact) mass is 184 g/mol. The van der Waals surface area contributed by atoms with Crippen molar-refractivity contribution in [2.75, 3.05) is 13.6 Å². The molecule has 0 radical (unpaired) electrons. The minimum Gasteiger partial charge on any atom is -0.345 e.